The van der Waals surface area contributed by atoms with Crippen molar-refractivity contribution in [3.05, 3.63) is 94.5 Å². The first-order valence-electron chi connectivity index (χ1n) is 11.6. The summed E-state index contributed by atoms with van der Waals surface area (Å²) in [7, 11) is 0. The Morgan fingerprint density at radius 3 is 2.08 bits per heavy atom. The second kappa shape index (κ2) is 12.0. The molecule has 0 saturated carbocycles. The molecule has 0 unspecified atom stereocenters. The lowest BCUT2D eigenvalue weighted by Crippen LogP contribution is -2.54. The molecule has 3 aromatic rings. The fourth-order valence-corrected chi connectivity index (χ4v) is 4.02. The van der Waals surface area contributed by atoms with Crippen LogP contribution >= 0.6 is 11.6 Å². The highest BCUT2D eigenvalue weighted by Gasteiger charge is 2.28. The average Bonchev–Trinajstić information content (AvgIpc) is 2.82. The molecule has 3 aromatic carbocycles. The van der Waals surface area contributed by atoms with Crippen molar-refractivity contribution in [2.45, 2.75) is 44.7 Å². The number of halogens is 3. The summed E-state index contributed by atoms with van der Waals surface area (Å²) in [5.74, 6) is -3.64. The van der Waals surface area contributed by atoms with Gasteiger partial charge in [0.1, 0.15) is 17.7 Å². The number of nitrogens with one attached hydrogen (secondary N) is 2. The number of carbonyl (C=O) groups is 3. The van der Waals surface area contributed by atoms with Crippen molar-refractivity contribution in [2.24, 2.45) is 0 Å². The van der Waals surface area contributed by atoms with E-state index in [0.29, 0.717) is 22.6 Å². The van der Waals surface area contributed by atoms with Gasteiger partial charge in [0.25, 0.3) is 5.91 Å². The number of carboxylic acids is 1. The summed E-state index contributed by atoms with van der Waals surface area (Å²) in [5.41, 5.74) is 1.26. The van der Waals surface area contributed by atoms with Crippen LogP contribution in [0.5, 0.6) is 0 Å². The molecule has 0 aliphatic rings. The average molecular weight is 529 g/mol. The molecule has 0 aliphatic carbocycles. The molecule has 0 heterocycles. The lowest BCUT2D eigenvalue weighted by Gasteiger charge is -2.29. The van der Waals surface area contributed by atoms with Crippen LogP contribution in [-0.2, 0) is 16.0 Å². The summed E-state index contributed by atoms with van der Waals surface area (Å²) in [6.45, 7) is 3.65. The van der Waals surface area contributed by atoms with E-state index in [-0.39, 0.29) is 18.4 Å². The van der Waals surface area contributed by atoms with E-state index in [0.717, 1.165) is 11.6 Å². The largest absolute Gasteiger partial charge is 0.481 e. The molecule has 0 aliphatic heterocycles. The maximum absolute atomic E-state index is 13.5. The SMILES string of the molecule is CC(C)(Cc1ccc(Cl)cc1)NC(=O)[C@H](CCC(=O)O)NC(=O)c1ccc(-c2cc(F)cc(F)c2)cc1. The van der Waals surface area contributed by atoms with E-state index in [2.05, 4.69) is 10.6 Å². The summed E-state index contributed by atoms with van der Waals surface area (Å²) in [5, 5.41) is 15.2. The molecular weight excluding hydrogens is 502 g/mol. The topological polar surface area (TPSA) is 95.5 Å². The van der Waals surface area contributed by atoms with Crippen molar-refractivity contribution in [1.29, 1.82) is 0 Å². The van der Waals surface area contributed by atoms with Crippen LogP contribution < -0.4 is 10.6 Å². The molecule has 0 saturated heterocycles. The first-order valence-corrected chi connectivity index (χ1v) is 12.0. The van der Waals surface area contributed by atoms with Gasteiger partial charge < -0.3 is 15.7 Å². The van der Waals surface area contributed by atoms with E-state index in [1.54, 1.807) is 12.1 Å². The number of carboxylic acid groups (broad SMARTS) is 1. The van der Waals surface area contributed by atoms with E-state index in [1.165, 1.54) is 36.4 Å². The van der Waals surface area contributed by atoms with Crippen LogP contribution in [0.4, 0.5) is 8.78 Å². The number of hydrogen-bond donors (Lipinski definition) is 3. The second-order valence-corrected chi connectivity index (χ2v) is 9.81. The first-order chi connectivity index (χ1) is 17.4. The fraction of sp³-hybridized carbons (Fsp3) is 0.250. The van der Waals surface area contributed by atoms with E-state index < -0.39 is 41.0 Å². The molecule has 9 heteroatoms. The Labute approximate surface area is 218 Å². The Hall–Kier alpha value is -3.78. The highest BCUT2D eigenvalue weighted by molar-refractivity contribution is 6.30. The molecular formula is C28H27ClF2N2O4. The molecule has 3 N–H and O–H groups in total. The maximum Gasteiger partial charge on any atom is 0.303 e. The van der Waals surface area contributed by atoms with Crippen LogP contribution in [0, 0.1) is 11.6 Å². The quantitative estimate of drug-likeness (QED) is 0.329. The van der Waals surface area contributed by atoms with E-state index >= 15 is 0 Å². The number of hydrogen-bond acceptors (Lipinski definition) is 3. The molecule has 0 fully saturated rings. The van der Waals surface area contributed by atoms with Gasteiger partial charge in [-0.2, -0.15) is 0 Å². The third-order valence-electron chi connectivity index (χ3n) is 5.63. The van der Waals surface area contributed by atoms with Crippen molar-refractivity contribution in [3.8, 4) is 11.1 Å². The van der Waals surface area contributed by atoms with Gasteiger partial charge in [-0.1, -0.05) is 35.9 Å². The second-order valence-electron chi connectivity index (χ2n) is 9.37. The van der Waals surface area contributed by atoms with Gasteiger partial charge >= 0.3 is 5.97 Å². The third kappa shape index (κ3) is 8.39. The minimum atomic E-state index is -1.10. The van der Waals surface area contributed by atoms with Crippen molar-refractivity contribution < 1.29 is 28.3 Å². The Kier molecular flexibility index (Phi) is 8.99. The van der Waals surface area contributed by atoms with E-state index in [9.17, 15) is 23.2 Å². The minimum Gasteiger partial charge on any atom is -0.481 e. The van der Waals surface area contributed by atoms with Crippen LogP contribution in [-0.4, -0.2) is 34.5 Å². The van der Waals surface area contributed by atoms with Crippen molar-refractivity contribution in [1.82, 2.24) is 10.6 Å². The summed E-state index contributed by atoms with van der Waals surface area (Å²) < 4.78 is 27.1. The predicted molar refractivity (Wildman–Crippen MR) is 137 cm³/mol. The molecule has 6 nitrogen and oxygen atoms in total. The van der Waals surface area contributed by atoms with Crippen LogP contribution in [0.3, 0.4) is 0 Å². The van der Waals surface area contributed by atoms with Crippen LogP contribution in [0.25, 0.3) is 11.1 Å². The first kappa shape index (κ1) is 27.8. The summed E-state index contributed by atoms with van der Waals surface area (Å²) in [6.07, 6.45) is 0.0578. The Bertz CT molecular complexity index is 1260. The number of rotatable bonds is 10. The smallest absolute Gasteiger partial charge is 0.303 e. The monoisotopic (exact) mass is 528 g/mol. The van der Waals surface area contributed by atoms with Crippen LogP contribution in [0.1, 0.15) is 42.6 Å². The zero-order valence-corrected chi connectivity index (χ0v) is 21.1. The third-order valence-corrected chi connectivity index (χ3v) is 5.88. The molecule has 0 radical (unpaired) electrons. The number of benzene rings is 3. The zero-order chi connectivity index (χ0) is 27.2. The molecule has 3 rings (SSSR count). The Balaban J connectivity index is 1.71. The van der Waals surface area contributed by atoms with Gasteiger partial charge in [0.2, 0.25) is 5.91 Å². The van der Waals surface area contributed by atoms with Crippen molar-refractivity contribution >= 4 is 29.4 Å². The van der Waals surface area contributed by atoms with E-state index in [4.69, 9.17) is 16.7 Å². The highest BCUT2D eigenvalue weighted by atomic mass is 35.5. The number of amides is 2. The molecule has 37 heavy (non-hydrogen) atoms. The summed E-state index contributed by atoms with van der Waals surface area (Å²) >= 11 is 5.93. The molecule has 2 amide bonds. The Morgan fingerprint density at radius 2 is 1.51 bits per heavy atom. The predicted octanol–water partition coefficient (Wildman–Crippen LogP) is 5.39. The standard InChI is InChI=1S/C28H27ClF2N2O4/c1-28(2,16-17-3-9-21(29)10-4-17)33-27(37)24(11-12-25(34)35)32-26(36)19-7-5-18(6-8-19)20-13-22(30)15-23(31)14-20/h3-10,13-15,24H,11-12,16H2,1-2H3,(H,32,36)(H,33,37)(H,34,35)/t24-/m0/s1. The maximum atomic E-state index is 13.5. The van der Waals surface area contributed by atoms with Crippen molar-refractivity contribution in [2.75, 3.05) is 0 Å². The molecule has 1 atom stereocenters. The van der Waals surface area contributed by atoms with Gasteiger partial charge in [-0.05, 0) is 79.8 Å². The van der Waals surface area contributed by atoms with Crippen LogP contribution in [0.2, 0.25) is 5.02 Å². The number of carbonyl (C=O) groups excluding carboxylic acids is 2. The van der Waals surface area contributed by atoms with Gasteiger partial charge in [-0.15, -0.1) is 0 Å². The van der Waals surface area contributed by atoms with Crippen LogP contribution in [0.15, 0.2) is 66.7 Å². The van der Waals surface area contributed by atoms with Crippen molar-refractivity contribution in [3.63, 3.8) is 0 Å². The number of aliphatic carboxylic acids is 1. The minimum absolute atomic E-state index is 0.107. The summed E-state index contributed by atoms with van der Waals surface area (Å²) in [6, 6.07) is 15.2. The molecule has 0 spiro atoms. The highest BCUT2D eigenvalue weighted by Crippen LogP contribution is 2.22. The molecule has 0 bridgehead atoms. The summed E-state index contributed by atoms with van der Waals surface area (Å²) in [4.78, 5) is 37.1. The molecule has 0 aromatic heterocycles. The molecule has 194 valence electrons. The Morgan fingerprint density at radius 1 is 0.919 bits per heavy atom. The lowest BCUT2D eigenvalue weighted by atomic mass is 9.94. The lowest BCUT2D eigenvalue weighted by molar-refractivity contribution is -0.137. The zero-order valence-electron chi connectivity index (χ0n) is 20.4. The van der Waals surface area contributed by atoms with Gasteiger partial charge in [-0.3, -0.25) is 14.4 Å². The van der Waals surface area contributed by atoms with E-state index in [1.807, 2.05) is 26.0 Å². The van der Waals surface area contributed by atoms with Gasteiger partial charge in [0, 0.05) is 28.6 Å². The normalized spacial score (nSPS) is 12.0. The van der Waals surface area contributed by atoms with Gasteiger partial charge in [0.05, 0.1) is 0 Å². The van der Waals surface area contributed by atoms with Gasteiger partial charge in [-0.25, -0.2) is 8.78 Å². The van der Waals surface area contributed by atoms with Gasteiger partial charge in [0.15, 0.2) is 0 Å². The fourth-order valence-electron chi connectivity index (χ4n) is 3.89.